The Bertz CT molecular complexity index is 2860. The highest BCUT2D eigenvalue weighted by Crippen LogP contribution is 2.43. The van der Waals surface area contributed by atoms with E-state index >= 15 is 0 Å². The van der Waals surface area contributed by atoms with Crippen molar-refractivity contribution in [2.24, 2.45) is 0 Å². The molecule has 0 radical (unpaired) electrons. The Morgan fingerprint density at radius 1 is 0.327 bits per heavy atom. The maximum absolute atomic E-state index is 6.45. The third-order valence-corrected chi connectivity index (χ3v) is 10.3. The highest BCUT2D eigenvalue weighted by molar-refractivity contribution is 6.08. The lowest BCUT2D eigenvalue weighted by molar-refractivity contribution is 0.631. The monoisotopic (exact) mass is 663 g/mol. The van der Waals surface area contributed by atoms with Crippen LogP contribution in [0.1, 0.15) is 0 Å². The SMILES string of the molecule is c1ccc(N(c2ccc(-c3ccc4c(ccc5ccccc54)c3)cc2)c2ccc(-c3cccc4ccccc34)cc2)c(-c2cc3ccccc3o2)c1. The van der Waals surface area contributed by atoms with Crippen LogP contribution in [0.15, 0.2) is 205 Å². The summed E-state index contributed by atoms with van der Waals surface area (Å²) in [6, 6.07) is 71.7. The molecule has 0 atom stereocenters. The van der Waals surface area contributed by atoms with Gasteiger partial charge in [-0.2, -0.15) is 0 Å². The Morgan fingerprint density at radius 2 is 0.885 bits per heavy atom. The number of nitrogens with zero attached hydrogens (tertiary/aromatic N) is 1. The van der Waals surface area contributed by atoms with Crippen molar-refractivity contribution in [3.05, 3.63) is 200 Å². The van der Waals surface area contributed by atoms with Gasteiger partial charge in [0.2, 0.25) is 0 Å². The second kappa shape index (κ2) is 12.5. The van der Waals surface area contributed by atoms with Crippen LogP contribution in [-0.2, 0) is 0 Å². The molecule has 52 heavy (non-hydrogen) atoms. The van der Waals surface area contributed by atoms with Crippen LogP contribution in [0.3, 0.4) is 0 Å². The Labute approximate surface area is 302 Å². The minimum Gasteiger partial charge on any atom is -0.456 e. The highest BCUT2D eigenvalue weighted by Gasteiger charge is 2.20. The topological polar surface area (TPSA) is 16.4 Å². The van der Waals surface area contributed by atoms with E-state index in [0.717, 1.165) is 39.4 Å². The first-order valence-electron chi connectivity index (χ1n) is 17.8. The van der Waals surface area contributed by atoms with Gasteiger partial charge in [0.25, 0.3) is 0 Å². The summed E-state index contributed by atoms with van der Waals surface area (Å²) in [5.41, 5.74) is 9.88. The first kappa shape index (κ1) is 30.0. The van der Waals surface area contributed by atoms with Crippen molar-refractivity contribution in [3.63, 3.8) is 0 Å². The minimum atomic E-state index is 0.842. The number of anilines is 3. The summed E-state index contributed by atoms with van der Waals surface area (Å²) in [4.78, 5) is 2.34. The summed E-state index contributed by atoms with van der Waals surface area (Å²) < 4.78 is 6.45. The molecule has 0 bridgehead atoms. The van der Waals surface area contributed by atoms with Crippen molar-refractivity contribution >= 4 is 60.3 Å². The van der Waals surface area contributed by atoms with Gasteiger partial charge in [-0.1, -0.05) is 146 Å². The largest absolute Gasteiger partial charge is 0.456 e. The van der Waals surface area contributed by atoms with Gasteiger partial charge >= 0.3 is 0 Å². The van der Waals surface area contributed by atoms with E-state index in [4.69, 9.17) is 4.42 Å². The van der Waals surface area contributed by atoms with Crippen molar-refractivity contribution in [3.8, 4) is 33.6 Å². The van der Waals surface area contributed by atoms with Gasteiger partial charge in [-0.15, -0.1) is 0 Å². The van der Waals surface area contributed by atoms with E-state index in [2.05, 4.69) is 193 Å². The zero-order valence-electron chi connectivity index (χ0n) is 28.4. The van der Waals surface area contributed by atoms with Crippen LogP contribution >= 0.6 is 0 Å². The minimum absolute atomic E-state index is 0.842. The molecule has 0 amide bonds. The zero-order valence-corrected chi connectivity index (χ0v) is 28.4. The summed E-state index contributed by atoms with van der Waals surface area (Å²) in [6.07, 6.45) is 0. The van der Waals surface area contributed by atoms with Gasteiger partial charge in [0.05, 0.1) is 5.69 Å². The smallest absolute Gasteiger partial charge is 0.137 e. The molecular formula is C50H33NO. The summed E-state index contributed by atoms with van der Waals surface area (Å²) in [5.74, 6) is 0.842. The molecule has 0 aliphatic heterocycles. The highest BCUT2D eigenvalue weighted by atomic mass is 16.3. The van der Waals surface area contributed by atoms with E-state index in [1.54, 1.807) is 0 Å². The van der Waals surface area contributed by atoms with Crippen LogP contribution in [0, 0.1) is 0 Å². The van der Waals surface area contributed by atoms with Crippen LogP contribution in [0.4, 0.5) is 17.1 Å². The van der Waals surface area contributed by atoms with Crippen LogP contribution in [0.2, 0.25) is 0 Å². The molecule has 244 valence electrons. The lowest BCUT2D eigenvalue weighted by atomic mass is 9.97. The molecule has 0 saturated carbocycles. The fourth-order valence-electron chi connectivity index (χ4n) is 7.68. The van der Waals surface area contributed by atoms with Gasteiger partial charge in [0.15, 0.2) is 0 Å². The molecule has 9 aromatic carbocycles. The number of fused-ring (bicyclic) bond motifs is 5. The summed E-state index contributed by atoms with van der Waals surface area (Å²) in [6.45, 7) is 0. The zero-order chi connectivity index (χ0) is 34.4. The first-order chi connectivity index (χ1) is 25.8. The molecule has 0 N–H and O–H groups in total. The predicted octanol–water partition coefficient (Wildman–Crippen LogP) is 14.4. The van der Waals surface area contributed by atoms with Crippen molar-refractivity contribution in [2.75, 3.05) is 4.90 Å². The number of para-hydroxylation sites is 2. The quantitative estimate of drug-likeness (QED) is 0.165. The van der Waals surface area contributed by atoms with E-state index in [1.807, 2.05) is 12.1 Å². The second-order valence-corrected chi connectivity index (χ2v) is 13.3. The van der Waals surface area contributed by atoms with E-state index in [0.29, 0.717) is 0 Å². The van der Waals surface area contributed by atoms with E-state index < -0.39 is 0 Å². The van der Waals surface area contributed by atoms with Crippen molar-refractivity contribution < 1.29 is 4.42 Å². The average molecular weight is 664 g/mol. The standard InChI is InChI=1S/C50H33NO/c1-4-14-43-35(10-1)13-9-17-45(43)37-24-29-42(30-25-37)51(48-18-7-6-16-47(48)50-33-40-12-3-8-19-49(40)52-50)41-27-22-34(23-28-41)38-26-31-46-39(32-38)21-20-36-11-2-5-15-44(36)46/h1-33H. The van der Waals surface area contributed by atoms with Crippen molar-refractivity contribution in [1.29, 1.82) is 0 Å². The van der Waals surface area contributed by atoms with Crippen LogP contribution in [0.5, 0.6) is 0 Å². The van der Waals surface area contributed by atoms with E-state index in [9.17, 15) is 0 Å². The molecule has 0 aliphatic rings. The fourth-order valence-corrected chi connectivity index (χ4v) is 7.68. The molecular weight excluding hydrogens is 631 g/mol. The van der Waals surface area contributed by atoms with Gasteiger partial charge in [-0.3, -0.25) is 0 Å². The number of furan rings is 1. The number of benzene rings is 9. The summed E-state index contributed by atoms with van der Waals surface area (Å²) in [7, 11) is 0. The molecule has 0 saturated heterocycles. The molecule has 2 heteroatoms. The molecule has 10 rings (SSSR count). The predicted molar refractivity (Wildman–Crippen MR) is 220 cm³/mol. The first-order valence-corrected chi connectivity index (χ1v) is 17.8. The molecule has 1 heterocycles. The number of hydrogen-bond donors (Lipinski definition) is 0. The number of rotatable bonds is 6. The van der Waals surface area contributed by atoms with Gasteiger partial charge < -0.3 is 9.32 Å². The Balaban J connectivity index is 1.08. The second-order valence-electron chi connectivity index (χ2n) is 13.3. The molecule has 0 unspecified atom stereocenters. The van der Waals surface area contributed by atoms with Gasteiger partial charge in [-0.05, 0) is 109 Å². The van der Waals surface area contributed by atoms with Crippen LogP contribution in [-0.4, -0.2) is 0 Å². The van der Waals surface area contributed by atoms with Gasteiger partial charge in [0.1, 0.15) is 11.3 Å². The Kier molecular flexibility index (Phi) is 7.18. The average Bonchev–Trinajstić information content (AvgIpc) is 3.66. The fraction of sp³-hybridized carbons (Fsp3) is 0. The van der Waals surface area contributed by atoms with Crippen molar-refractivity contribution in [2.45, 2.75) is 0 Å². The molecule has 0 aliphatic carbocycles. The van der Waals surface area contributed by atoms with Crippen LogP contribution in [0.25, 0.3) is 76.9 Å². The molecule has 0 fully saturated rings. The lowest BCUT2D eigenvalue weighted by Crippen LogP contribution is -2.11. The van der Waals surface area contributed by atoms with Gasteiger partial charge in [-0.25, -0.2) is 0 Å². The lowest BCUT2D eigenvalue weighted by Gasteiger charge is -2.27. The Morgan fingerprint density at radius 3 is 1.67 bits per heavy atom. The van der Waals surface area contributed by atoms with E-state index in [-0.39, 0.29) is 0 Å². The molecule has 0 spiro atoms. The maximum atomic E-state index is 6.45. The normalized spacial score (nSPS) is 11.5. The third kappa shape index (κ3) is 5.21. The molecule has 1 aromatic heterocycles. The summed E-state index contributed by atoms with van der Waals surface area (Å²) >= 11 is 0. The van der Waals surface area contributed by atoms with E-state index in [1.165, 1.54) is 54.6 Å². The summed E-state index contributed by atoms with van der Waals surface area (Å²) in [5, 5.41) is 8.65. The maximum Gasteiger partial charge on any atom is 0.137 e. The number of hydrogen-bond acceptors (Lipinski definition) is 2. The molecule has 10 aromatic rings. The third-order valence-electron chi connectivity index (χ3n) is 10.3. The molecule has 2 nitrogen and oxygen atoms in total. The van der Waals surface area contributed by atoms with Crippen molar-refractivity contribution in [1.82, 2.24) is 0 Å². The van der Waals surface area contributed by atoms with Crippen LogP contribution < -0.4 is 4.90 Å². The Hall–Kier alpha value is -6.90. The van der Waals surface area contributed by atoms with Gasteiger partial charge in [0, 0.05) is 22.3 Å².